The van der Waals surface area contributed by atoms with Gasteiger partial charge in [-0.1, -0.05) is 6.92 Å². The molecule has 0 radical (unpaired) electrons. The van der Waals surface area contributed by atoms with Crippen LogP contribution in [0.4, 0.5) is 0 Å². The van der Waals surface area contributed by atoms with Crippen LogP contribution < -0.4 is 0 Å². The third-order valence-corrected chi connectivity index (χ3v) is 7.88. The lowest BCUT2D eigenvalue weighted by molar-refractivity contribution is -0.0913. The first-order valence-electron chi connectivity index (χ1n) is 8.95. The number of rotatable bonds is 0. The van der Waals surface area contributed by atoms with E-state index in [1.165, 1.54) is 38.5 Å². The van der Waals surface area contributed by atoms with Crippen LogP contribution in [0.5, 0.6) is 0 Å². The maximum atomic E-state index is 10.4. The van der Waals surface area contributed by atoms with Crippen molar-refractivity contribution in [2.75, 3.05) is 0 Å². The van der Waals surface area contributed by atoms with E-state index in [9.17, 15) is 10.2 Å². The zero-order valence-electron chi connectivity index (χ0n) is 12.8. The van der Waals surface area contributed by atoms with E-state index in [0.29, 0.717) is 0 Å². The quantitative estimate of drug-likeness (QED) is 0.713. The normalized spacial score (nSPS) is 58.6. The van der Waals surface area contributed by atoms with Crippen LogP contribution in [0.25, 0.3) is 0 Å². The summed E-state index contributed by atoms with van der Waals surface area (Å²) in [5.41, 5.74) is 0.224. The molecular formula is C18H30O2. The average Bonchev–Trinajstić information content (AvgIpc) is 2.74. The van der Waals surface area contributed by atoms with E-state index >= 15 is 0 Å². The van der Waals surface area contributed by atoms with Crippen LogP contribution in [-0.4, -0.2) is 22.4 Å². The Morgan fingerprint density at radius 3 is 2.45 bits per heavy atom. The first-order chi connectivity index (χ1) is 9.59. The van der Waals surface area contributed by atoms with Crippen LogP contribution in [0.1, 0.15) is 64.7 Å². The van der Waals surface area contributed by atoms with Crippen molar-refractivity contribution in [2.45, 2.75) is 76.9 Å². The molecule has 4 aliphatic rings. The summed E-state index contributed by atoms with van der Waals surface area (Å²) < 4.78 is 0. The summed E-state index contributed by atoms with van der Waals surface area (Å²) in [4.78, 5) is 0. The minimum absolute atomic E-state index is 0.0186. The Bertz CT molecular complexity index is 382. The van der Waals surface area contributed by atoms with Gasteiger partial charge in [-0.25, -0.2) is 0 Å². The highest BCUT2D eigenvalue weighted by Crippen LogP contribution is 2.62. The maximum absolute atomic E-state index is 10.4. The maximum Gasteiger partial charge on any atom is 0.0596 e. The van der Waals surface area contributed by atoms with Gasteiger partial charge in [0.2, 0.25) is 0 Å². The van der Waals surface area contributed by atoms with Crippen molar-refractivity contribution in [2.24, 2.45) is 35.0 Å². The molecule has 0 amide bonds. The SMILES string of the molecule is C[C@@]12CC[C@H]3[C@@H]4CC[C@@H](O)C[C@H]4CC[C@@H]3[C@H]1CC[C@@H]2O. The molecular weight excluding hydrogens is 248 g/mol. The number of hydrogen-bond donors (Lipinski definition) is 2. The molecule has 0 aromatic carbocycles. The summed E-state index contributed by atoms with van der Waals surface area (Å²) in [5, 5.41) is 20.3. The minimum Gasteiger partial charge on any atom is -0.393 e. The molecule has 0 aliphatic heterocycles. The van der Waals surface area contributed by atoms with E-state index in [-0.39, 0.29) is 17.6 Å². The average molecular weight is 278 g/mol. The number of fused-ring (bicyclic) bond motifs is 5. The molecule has 0 unspecified atom stereocenters. The summed E-state index contributed by atoms with van der Waals surface area (Å²) in [7, 11) is 0. The van der Waals surface area contributed by atoms with Gasteiger partial charge in [0.05, 0.1) is 12.2 Å². The largest absolute Gasteiger partial charge is 0.393 e. The molecule has 4 rings (SSSR count). The summed E-state index contributed by atoms with van der Waals surface area (Å²) in [6.07, 6.45) is 10.9. The molecule has 2 heteroatoms. The van der Waals surface area contributed by atoms with Gasteiger partial charge in [-0.2, -0.15) is 0 Å². The Labute approximate surface area is 123 Å². The second-order valence-electron chi connectivity index (χ2n) is 8.54. The fourth-order valence-electron chi connectivity index (χ4n) is 6.80. The predicted molar refractivity (Wildman–Crippen MR) is 79.1 cm³/mol. The van der Waals surface area contributed by atoms with E-state index in [1.807, 2.05) is 0 Å². The van der Waals surface area contributed by atoms with Crippen LogP contribution in [0.15, 0.2) is 0 Å². The lowest BCUT2D eigenvalue weighted by Crippen LogP contribution is -2.49. The monoisotopic (exact) mass is 278 g/mol. The van der Waals surface area contributed by atoms with Crippen molar-refractivity contribution in [3.63, 3.8) is 0 Å². The van der Waals surface area contributed by atoms with Crippen molar-refractivity contribution in [1.29, 1.82) is 0 Å². The van der Waals surface area contributed by atoms with E-state index in [0.717, 1.165) is 48.9 Å². The molecule has 0 saturated heterocycles. The topological polar surface area (TPSA) is 40.5 Å². The zero-order chi connectivity index (χ0) is 13.9. The first kappa shape index (κ1) is 13.6. The second kappa shape index (κ2) is 4.71. The minimum atomic E-state index is -0.0423. The van der Waals surface area contributed by atoms with Crippen molar-refractivity contribution in [1.82, 2.24) is 0 Å². The van der Waals surface area contributed by atoms with Crippen LogP contribution in [-0.2, 0) is 0 Å². The van der Waals surface area contributed by atoms with Gasteiger partial charge in [0, 0.05) is 0 Å². The molecule has 0 aromatic rings. The molecule has 0 spiro atoms. The molecule has 0 heterocycles. The van der Waals surface area contributed by atoms with Gasteiger partial charge in [-0.15, -0.1) is 0 Å². The standard InChI is InChI=1S/C18H30O2/c1-18-9-8-14-13-5-3-12(19)10-11(13)2-4-15(14)16(18)6-7-17(18)20/h11-17,19-20H,2-10H2,1H3/t11-,12-,13-,14+,15+,16-,17+,18-/m1/s1. The highest BCUT2D eigenvalue weighted by atomic mass is 16.3. The molecule has 4 saturated carbocycles. The molecule has 8 atom stereocenters. The van der Waals surface area contributed by atoms with E-state index < -0.39 is 0 Å². The van der Waals surface area contributed by atoms with Crippen molar-refractivity contribution in [3.05, 3.63) is 0 Å². The Kier molecular flexibility index (Phi) is 3.20. The van der Waals surface area contributed by atoms with Crippen LogP contribution in [0, 0.1) is 35.0 Å². The molecule has 0 aromatic heterocycles. The van der Waals surface area contributed by atoms with Gasteiger partial charge in [-0.05, 0) is 92.8 Å². The summed E-state index contributed by atoms with van der Waals surface area (Å²) in [6.45, 7) is 2.36. The second-order valence-corrected chi connectivity index (χ2v) is 8.54. The van der Waals surface area contributed by atoms with Gasteiger partial charge in [0.1, 0.15) is 0 Å². The predicted octanol–water partition coefficient (Wildman–Crippen LogP) is 3.36. The molecule has 4 fully saturated rings. The number of aliphatic hydroxyl groups excluding tert-OH is 2. The lowest BCUT2D eigenvalue weighted by Gasteiger charge is -2.55. The summed E-state index contributed by atoms with van der Waals surface area (Å²) in [5.74, 6) is 4.26. The fourth-order valence-corrected chi connectivity index (χ4v) is 6.80. The molecule has 20 heavy (non-hydrogen) atoms. The molecule has 114 valence electrons. The number of aliphatic hydroxyl groups is 2. The Hall–Kier alpha value is -0.0800. The summed E-state index contributed by atoms with van der Waals surface area (Å²) >= 11 is 0. The molecule has 0 bridgehead atoms. The third-order valence-electron chi connectivity index (χ3n) is 7.88. The zero-order valence-corrected chi connectivity index (χ0v) is 12.8. The summed E-state index contributed by atoms with van der Waals surface area (Å²) in [6, 6.07) is 0. The lowest BCUT2D eigenvalue weighted by atomic mass is 9.50. The van der Waals surface area contributed by atoms with Gasteiger partial charge in [0.15, 0.2) is 0 Å². The van der Waals surface area contributed by atoms with Crippen molar-refractivity contribution >= 4 is 0 Å². The first-order valence-corrected chi connectivity index (χ1v) is 8.95. The molecule has 2 N–H and O–H groups in total. The van der Waals surface area contributed by atoms with Gasteiger partial charge >= 0.3 is 0 Å². The van der Waals surface area contributed by atoms with Crippen molar-refractivity contribution < 1.29 is 10.2 Å². The van der Waals surface area contributed by atoms with Crippen LogP contribution in [0.3, 0.4) is 0 Å². The van der Waals surface area contributed by atoms with Gasteiger partial charge in [0.25, 0.3) is 0 Å². The molecule has 4 aliphatic carbocycles. The van der Waals surface area contributed by atoms with Gasteiger partial charge < -0.3 is 10.2 Å². The Morgan fingerprint density at radius 1 is 0.800 bits per heavy atom. The molecule has 2 nitrogen and oxygen atoms in total. The van der Waals surface area contributed by atoms with E-state index in [1.54, 1.807) is 0 Å². The Balaban J connectivity index is 1.57. The highest BCUT2D eigenvalue weighted by Gasteiger charge is 2.56. The van der Waals surface area contributed by atoms with E-state index in [4.69, 9.17) is 0 Å². The smallest absolute Gasteiger partial charge is 0.0596 e. The third kappa shape index (κ3) is 1.83. The van der Waals surface area contributed by atoms with Crippen LogP contribution in [0.2, 0.25) is 0 Å². The van der Waals surface area contributed by atoms with E-state index in [2.05, 4.69) is 6.92 Å². The highest BCUT2D eigenvalue weighted by molar-refractivity contribution is 5.06. The van der Waals surface area contributed by atoms with Gasteiger partial charge in [-0.3, -0.25) is 0 Å². The fraction of sp³-hybridized carbons (Fsp3) is 1.00. The Morgan fingerprint density at radius 2 is 1.60 bits per heavy atom. The van der Waals surface area contributed by atoms with Crippen LogP contribution >= 0.6 is 0 Å². The number of hydrogen-bond acceptors (Lipinski definition) is 2. The van der Waals surface area contributed by atoms with Crippen molar-refractivity contribution in [3.8, 4) is 0 Å².